The number of allylic oxidation sites excluding steroid dienone is 2. The minimum Gasteiger partial charge on any atom is -0.504 e. The highest BCUT2D eigenvalue weighted by molar-refractivity contribution is 6.20. The van der Waals surface area contributed by atoms with Gasteiger partial charge in [0.1, 0.15) is 5.78 Å². The van der Waals surface area contributed by atoms with E-state index in [4.69, 9.17) is 4.74 Å². The number of ether oxygens (including phenoxy) is 1. The van der Waals surface area contributed by atoms with Gasteiger partial charge in [-0.1, -0.05) is 27.7 Å². The molecule has 0 heterocycles. The van der Waals surface area contributed by atoms with Crippen molar-refractivity contribution in [2.24, 2.45) is 28.6 Å². The van der Waals surface area contributed by atoms with Gasteiger partial charge in [0.05, 0.1) is 7.11 Å². The monoisotopic (exact) mass is 374 g/mol. The molecule has 0 aromatic heterocycles. The summed E-state index contributed by atoms with van der Waals surface area (Å²) in [5.74, 6) is -0.370. The zero-order valence-electron chi connectivity index (χ0n) is 16.9. The Labute approximate surface area is 160 Å². The summed E-state index contributed by atoms with van der Waals surface area (Å²) in [4.78, 5) is 37.0. The molecule has 0 bridgehead atoms. The number of Topliss-reactive ketones (excluding diaryl/α,β-unsaturated/α-hetero) is 2. The first-order valence-corrected chi connectivity index (χ1v) is 9.84. The molecule has 2 fully saturated rings. The first-order valence-electron chi connectivity index (χ1n) is 9.84. The molecule has 0 aromatic rings. The number of fused-ring (bicyclic) bond motifs is 1. The van der Waals surface area contributed by atoms with Crippen molar-refractivity contribution in [3.8, 4) is 0 Å². The topological polar surface area (TPSA) is 80.7 Å². The van der Waals surface area contributed by atoms with Crippen LogP contribution < -0.4 is 0 Å². The van der Waals surface area contributed by atoms with Gasteiger partial charge in [0, 0.05) is 24.0 Å². The lowest BCUT2D eigenvalue weighted by Crippen LogP contribution is -2.52. The molecule has 0 amide bonds. The van der Waals surface area contributed by atoms with Gasteiger partial charge in [-0.3, -0.25) is 14.4 Å². The highest BCUT2D eigenvalue weighted by Gasteiger charge is 2.55. The molecule has 27 heavy (non-hydrogen) atoms. The number of carbonyl (C=O) groups excluding carboxylic acids is 3. The van der Waals surface area contributed by atoms with Crippen LogP contribution in [0.4, 0.5) is 0 Å². The number of methoxy groups -OCH3 is 1. The summed E-state index contributed by atoms with van der Waals surface area (Å²) in [7, 11) is 1.35. The Morgan fingerprint density at radius 1 is 1.19 bits per heavy atom. The first kappa shape index (κ1) is 19.8. The van der Waals surface area contributed by atoms with Gasteiger partial charge in [-0.2, -0.15) is 0 Å². The van der Waals surface area contributed by atoms with Crippen LogP contribution in [0.15, 0.2) is 23.2 Å². The second-order valence-electron chi connectivity index (χ2n) is 9.19. The van der Waals surface area contributed by atoms with Crippen molar-refractivity contribution in [2.75, 3.05) is 7.11 Å². The van der Waals surface area contributed by atoms with Crippen LogP contribution in [0.1, 0.15) is 59.8 Å². The molecule has 1 N–H and O–H groups in total. The third kappa shape index (κ3) is 2.95. The summed E-state index contributed by atoms with van der Waals surface area (Å²) in [6.07, 6.45) is 4.65. The SMILES string of the molecule is COC1=CC(=O)C(O)=C(C[C@@]2(C)CC[C@]3(C)[C@@H](C)C(=O)CC[C@H]3[C@H]2C)C1=O. The van der Waals surface area contributed by atoms with Crippen LogP contribution in [0.2, 0.25) is 0 Å². The van der Waals surface area contributed by atoms with Gasteiger partial charge in [-0.15, -0.1) is 0 Å². The van der Waals surface area contributed by atoms with Crippen molar-refractivity contribution >= 4 is 17.3 Å². The lowest BCUT2D eigenvalue weighted by Gasteiger charge is -2.58. The predicted molar refractivity (Wildman–Crippen MR) is 101 cm³/mol. The molecule has 0 aliphatic heterocycles. The fourth-order valence-electron chi connectivity index (χ4n) is 5.65. The van der Waals surface area contributed by atoms with Gasteiger partial charge < -0.3 is 9.84 Å². The van der Waals surface area contributed by atoms with Gasteiger partial charge in [-0.05, 0) is 48.3 Å². The molecule has 0 spiro atoms. The van der Waals surface area contributed by atoms with E-state index in [9.17, 15) is 19.5 Å². The average molecular weight is 374 g/mol. The molecule has 3 rings (SSSR count). The predicted octanol–water partition coefficient (Wildman–Crippen LogP) is 3.93. The van der Waals surface area contributed by atoms with Crippen LogP contribution in [0.5, 0.6) is 0 Å². The molecule has 5 atom stereocenters. The van der Waals surface area contributed by atoms with E-state index in [0.717, 1.165) is 25.3 Å². The standard InChI is InChI=1S/C22H30O5/c1-12-15-6-7-16(23)13(2)22(15,4)9-8-21(12,3)11-14-19(25)17(24)10-18(27-5)20(14)26/h10,12-13,15,25H,6-9,11H2,1-5H3/t12-,13+,15+,21-,22-/m1/s1. The quantitative estimate of drug-likeness (QED) is 0.757. The normalized spacial score (nSPS) is 40.0. The van der Waals surface area contributed by atoms with E-state index in [1.54, 1.807) is 0 Å². The van der Waals surface area contributed by atoms with Gasteiger partial charge in [-0.25, -0.2) is 0 Å². The van der Waals surface area contributed by atoms with Crippen molar-refractivity contribution < 1.29 is 24.2 Å². The molecule has 0 unspecified atom stereocenters. The zero-order chi connectivity index (χ0) is 20.1. The summed E-state index contributed by atoms with van der Waals surface area (Å²) in [6, 6.07) is 0. The number of aliphatic hydroxyl groups is 1. The van der Waals surface area contributed by atoms with Crippen LogP contribution >= 0.6 is 0 Å². The molecule has 0 aromatic carbocycles. The highest BCUT2D eigenvalue weighted by Crippen LogP contribution is 2.61. The summed E-state index contributed by atoms with van der Waals surface area (Å²) in [6.45, 7) is 8.62. The number of hydrogen-bond donors (Lipinski definition) is 1. The maximum atomic E-state index is 12.7. The van der Waals surface area contributed by atoms with Crippen LogP contribution in [-0.4, -0.2) is 29.6 Å². The lowest BCUT2D eigenvalue weighted by atomic mass is 9.46. The minimum atomic E-state index is -0.574. The molecule has 2 saturated carbocycles. The van der Waals surface area contributed by atoms with Gasteiger partial charge in [0.25, 0.3) is 0 Å². The van der Waals surface area contributed by atoms with E-state index in [0.29, 0.717) is 24.5 Å². The number of rotatable bonds is 3. The van der Waals surface area contributed by atoms with E-state index < -0.39 is 17.3 Å². The van der Waals surface area contributed by atoms with Gasteiger partial charge in [0.2, 0.25) is 11.6 Å². The molecule has 148 valence electrons. The number of hydrogen-bond acceptors (Lipinski definition) is 5. The maximum absolute atomic E-state index is 12.7. The smallest absolute Gasteiger partial charge is 0.227 e. The highest BCUT2D eigenvalue weighted by atomic mass is 16.5. The summed E-state index contributed by atoms with van der Waals surface area (Å²) < 4.78 is 5.04. The van der Waals surface area contributed by atoms with Gasteiger partial charge >= 0.3 is 0 Å². The second-order valence-corrected chi connectivity index (χ2v) is 9.19. The van der Waals surface area contributed by atoms with Crippen LogP contribution in [0.25, 0.3) is 0 Å². The molecular formula is C22H30O5. The van der Waals surface area contributed by atoms with Crippen molar-refractivity contribution in [3.63, 3.8) is 0 Å². The Morgan fingerprint density at radius 3 is 2.48 bits per heavy atom. The molecule has 0 radical (unpaired) electrons. The Hall–Kier alpha value is -1.91. The van der Waals surface area contributed by atoms with E-state index in [1.165, 1.54) is 7.11 Å². The third-order valence-corrected chi connectivity index (χ3v) is 8.04. The Bertz CT molecular complexity index is 761. The largest absolute Gasteiger partial charge is 0.504 e. The second kappa shape index (κ2) is 6.61. The molecule has 5 nitrogen and oxygen atoms in total. The van der Waals surface area contributed by atoms with E-state index in [2.05, 4.69) is 27.7 Å². The van der Waals surface area contributed by atoms with Gasteiger partial charge in [0.15, 0.2) is 11.5 Å². The molecule has 0 saturated heterocycles. The van der Waals surface area contributed by atoms with E-state index in [1.807, 2.05) is 0 Å². The molecule has 3 aliphatic carbocycles. The first-order chi connectivity index (χ1) is 12.5. The molecule has 3 aliphatic rings. The molecular weight excluding hydrogens is 344 g/mol. The third-order valence-electron chi connectivity index (χ3n) is 8.04. The summed E-state index contributed by atoms with van der Waals surface area (Å²) in [5.41, 5.74) is -0.0776. The number of carbonyl (C=O) groups is 3. The van der Waals surface area contributed by atoms with E-state index >= 15 is 0 Å². The van der Waals surface area contributed by atoms with Crippen molar-refractivity contribution in [1.29, 1.82) is 0 Å². The average Bonchev–Trinajstić information content (AvgIpc) is 2.63. The van der Waals surface area contributed by atoms with Crippen LogP contribution in [0.3, 0.4) is 0 Å². The zero-order valence-corrected chi connectivity index (χ0v) is 16.9. The Balaban J connectivity index is 1.90. The summed E-state index contributed by atoms with van der Waals surface area (Å²) in [5, 5.41) is 10.3. The maximum Gasteiger partial charge on any atom is 0.227 e. The van der Waals surface area contributed by atoms with Crippen molar-refractivity contribution in [1.82, 2.24) is 0 Å². The number of aliphatic hydroxyl groups excluding tert-OH is 1. The summed E-state index contributed by atoms with van der Waals surface area (Å²) >= 11 is 0. The molecule has 5 heteroatoms. The van der Waals surface area contributed by atoms with E-state index in [-0.39, 0.29) is 34.0 Å². The Kier molecular flexibility index (Phi) is 4.86. The lowest BCUT2D eigenvalue weighted by molar-refractivity contribution is -0.143. The number of ketones is 3. The fourth-order valence-corrected chi connectivity index (χ4v) is 5.65. The Morgan fingerprint density at radius 2 is 1.85 bits per heavy atom. The van der Waals surface area contributed by atoms with Crippen molar-refractivity contribution in [3.05, 3.63) is 23.2 Å². The van der Waals surface area contributed by atoms with Crippen LogP contribution in [0, 0.1) is 28.6 Å². The fraction of sp³-hybridized carbons (Fsp3) is 0.682. The van der Waals surface area contributed by atoms with Crippen molar-refractivity contribution in [2.45, 2.75) is 59.8 Å². The van der Waals surface area contributed by atoms with Crippen LogP contribution in [-0.2, 0) is 19.1 Å². The minimum absolute atomic E-state index is 0.0124.